The summed E-state index contributed by atoms with van der Waals surface area (Å²) in [5.74, 6) is 0.0154. The number of carbonyl (C=O) groups is 1. The van der Waals surface area contributed by atoms with E-state index in [1.807, 2.05) is 11.4 Å². The average Bonchev–Trinajstić information content (AvgIpc) is 3.41. The number of nitrogens with zero attached hydrogens (tertiary/aromatic N) is 6. The Balaban J connectivity index is 1.62. The van der Waals surface area contributed by atoms with Crippen LogP contribution >= 0.6 is 11.3 Å². The normalized spacial score (nSPS) is 12.2. The van der Waals surface area contributed by atoms with Gasteiger partial charge in [0.05, 0.1) is 6.33 Å². The molecule has 0 aliphatic rings. The van der Waals surface area contributed by atoms with E-state index in [-0.39, 0.29) is 17.1 Å². The Bertz CT molecular complexity index is 1320. The molecular formula is C18H17N7O3S. The first-order valence-corrected chi connectivity index (χ1v) is 9.55. The highest BCUT2D eigenvalue weighted by Crippen LogP contribution is 2.22. The molecular weight excluding hydrogens is 394 g/mol. The Labute approximate surface area is 168 Å². The number of amides is 1. The molecule has 1 atom stereocenters. The van der Waals surface area contributed by atoms with E-state index in [2.05, 4.69) is 20.3 Å². The van der Waals surface area contributed by atoms with E-state index in [9.17, 15) is 14.4 Å². The van der Waals surface area contributed by atoms with Crippen molar-refractivity contribution in [3.8, 4) is 10.6 Å². The summed E-state index contributed by atoms with van der Waals surface area (Å²) in [5.41, 5.74) is 0.282. The van der Waals surface area contributed by atoms with E-state index < -0.39 is 17.3 Å². The molecule has 0 radical (unpaired) electrons. The molecule has 1 N–H and O–H groups in total. The van der Waals surface area contributed by atoms with E-state index in [0.29, 0.717) is 5.82 Å². The molecule has 0 saturated heterocycles. The lowest BCUT2D eigenvalue weighted by Gasteiger charge is -2.14. The topological polar surface area (TPSA) is 117 Å². The van der Waals surface area contributed by atoms with Gasteiger partial charge in [-0.1, -0.05) is 0 Å². The number of aromatic nitrogens is 6. The van der Waals surface area contributed by atoms with Crippen LogP contribution in [0.3, 0.4) is 0 Å². The van der Waals surface area contributed by atoms with Gasteiger partial charge in [0.2, 0.25) is 5.91 Å². The molecule has 4 aromatic heterocycles. The smallest absolute Gasteiger partial charge is 0.312 e. The molecule has 1 amide bonds. The number of pyridine rings is 1. The number of anilines is 1. The third kappa shape index (κ3) is 3.14. The molecule has 0 aliphatic heterocycles. The number of thiazole rings is 1. The molecule has 0 bridgehead atoms. The lowest BCUT2D eigenvalue weighted by atomic mass is 10.2. The number of aryl methyl sites for hydroxylation is 1. The van der Waals surface area contributed by atoms with Gasteiger partial charge in [-0.2, -0.15) is 0 Å². The van der Waals surface area contributed by atoms with E-state index in [1.54, 1.807) is 25.4 Å². The standard InChI is InChI=1S/C18H17N7O3S/c1-10(25-9-21-14-13(25)17(27)24(3)18(28)23(14)2)15(26)22-12-5-4-11(8-20-12)16-19-6-7-29-16/h4-10H,1-3H3,(H,20,22,26). The third-order valence-corrected chi connectivity index (χ3v) is 5.49. The summed E-state index contributed by atoms with van der Waals surface area (Å²) in [6, 6.07) is 2.77. The second-order valence-corrected chi connectivity index (χ2v) is 7.36. The fourth-order valence-corrected chi connectivity index (χ4v) is 3.60. The molecule has 148 valence electrons. The highest BCUT2D eigenvalue weighted by atomic mass is 32.1. The Morgan fingerprint density at radius 3 is 2.59 bits per heavy atom. The zero-order valence-corrected chi connectivity index (χ0v) is 16.7. The van der Waals surface area contributed by atoms with Crippen molar-refractivity contribution in [3.05, 3.63) is 57.1 Å². The van der Waals surface area contributed by atoms with Gasteiger partial charge in [-0.3, -0.25) is 18.7 Å². The molecule has 0 spiro atoms. The van der Waals surface area contributed by atoms with Gasteiger partial charge in [0.1, 0.15) is 16.9 Å². The highest BCUT2D eigenvalue weighted by molar-refractivity contribution is 7.13. The van der Waals surface area contributed by atoms with Crippen LogP contribution in [0.25, 0.3) is 21.7 Å². The first-order valence-electron chi connectivity index (χ1n) is 8.68. The lowest BCUT2D eigenvalue weighted by molar-refractivity contribution is -0.118. The van der Waals surface area contributed by atoms with E-state index >= 15 is 0 Å². The van der Waals surface area contributed by atoms with Gasteiger partial charge in [0.25, 0.3) is 5.56 Å². The van der Waals surface area contributed by atoms with E-state index in [1.165, 1.54) is 40.9 Å². The van der Waals surface area contributed by atoms with E-state index in [0.717, 1.165) is 15.1 Å². The van der Waals surface area contributed by atoms with Crippen molar-refractivity contribution in [2.75, 3.05) is 5.32 Å². The van der Waals surface area contributed by atoms with Crippen LogP contribution in [-0.4, -0.2) is 34.6 Å². The van der Waals surface area contributed by atoms with E-state index in [4.69, 9.17) is 0 Å². The van der Waals surface area contributed by atoms with Crippen molar-refractivity contribution in [1.82, 2.24) is 28.7 Å². The maximum absolute atomic E-state index is 12.7. The summed E-state index contributed by atoms with van der Waals surface area (Å²) in [4.78, 5) is 50.0. The van der Waals surface area contributed by atoms with Crippen LogP contribution in [0.4, 0.5) is 5.82 Å². The van der Waals surface area contributed by atoms with Crippen molar-refractivity contribution in [2.24, 2.45) is 14.1 Å². The van der Waals surface area contributed by atoms with Crippen molar-refractivity contribution in [2.45, 2.75) is 13.0 Å². The lowest BCUT2D eigenvalue weighted by Crippen LogP contribution is -2.38. The third-order valence-electron chi connectivity index (χ3n) is 4.66. The molecule has 10 nitrogen and oxygen atoms in total. The zero-order valence-electron chi connectivity index (χ0n) is 15.9. The minimum absolute atomic E-state index is 0.185. The number of rotatable bonds is 4. The number of imidazole rings is 1. The van der Waals surface area contributed by atoms with Gasteiger partial charge >= 0.3 is 5.69 Å². The fraction of sp³-hybridized carbons (Fsp3) is 0.222. The predicted octanol–water partition coefficient (Wildman–Crippen LogP) is 1.15. The maximum atomic E-state index is 12.7. The molecule has 1 unspecified atom stereocenters. The first kappa shape index (κ1) is 18.7. The summed E-state index contributed by atoms with van der Waals surface area (Å²) >= 11 is 1.50. The minimum Gasteiger partial charge on any atom is -0.312 e. The number of nitrogens with one attached hydrogen (secondary N) is 1. The second-order valence-electron chi connectivity index (χ2n) is 6.46. The summed E-state index contributed by atoms with van der Waals surface area (Å²) in [6.45, 7) is 1.64. The molecule has 0 aromatic carbocycles. The Hall–Kier alpha value is -3.60. The van der Waals surface area contributed by atoms with Crippen LogP contribution in [0.2, 0.25) is 0 Å². The fourth-order valence-electron chi connectivity index (χ4n) is 2.98. The molecule has 4 rings (SSSR count). The van der Waals surface area contributed by atoms with Crippen LogP contribution < -0.4 is 16.6 Å². The number of hydrogen-bond acceptors (Lipinski definition) is 7. The Morgan fingerprint density at radius 2 is 1.93 bits per heavy atom. The second kappa shape index (κ2) is 7.09. The number of fused-ring (bicyclic) bond motifs is 1. The Kier molecular flexibility index (Phi) is 4.59. The quantitative estimate of drug-likeness (QED) is 0.538. The van der Waals surface area contributed by atoms with Gasteiger partial charge < -0.3 is 9.88 Å². The highest BCUT2D eigenvalue weighted by Gasteiger charge is 2.22. The van der Waals surface area contributed by atoms with Crippen molar-refractivity contribution < 1.29 is 4.79 Å². The van der Waals surface area contributed by atoms with Crippen molar-refractivity contribution >= 4 is 34.2 Å². The van der Waals surface area contributed by atoms with Crippen molar-refractivity contribution in [1.29, 1.82) is 0 Å². The first-order chi connectivity index (χ1) is 13.9. The summed E-state index contributed by atoms with van der Waals surface area (Å²) in [6.07, 6.45) is 4.74. The molecule has 0 aliphatic carbocycles. The minimum atomic E-state index is -0.745. The number of hydrogen-bond donors (Lipinski definition) is 1. The number of carbonyl (C=O) groups excluding carboxylic acids is 1. The zero-order chi connectivity index (χ0) is 20.7. The van der Waals surface area contributed by atoms with Crippen LogP contribution in [-0.2, 0) is 18.9 Å². The summed E-state index contributed by atoms with van der Waals surface area (Å²) in [5, 5.41) is 5.45. The van der Waals surface area contributed by atoms with Crippen LogP contribution in [0.1, 0.15) is 13.0 Å². The molecule has 4 aromatic rings. The van der Waals surface area contributed by atoms with Gasteiger partial charge in [-0.15, -0.1) is 11.3 Å². The van der Waals surface area contributed by atoms with Crippen molar-refractivity contribution in [3.63, 3.8) is 0 Å². The van der Waals surface area contributed by atoms with Gasteiger partial charge in [-0.05, 0) is 19.1 Å². The molecule has 11 heteroatoms. The molecule has 29 heavy (non-hydrogen) atoms. The summed E-state index contributed by atoms with van der Waals surface area (Å²) < 4.78 is 3.72. The predicted molar refractivity (Wildman–Crippen MR) is 109 cm³/mol. The average molecular weight is 411 g/mol. The van der Waals surface area contributed by atoms with Crippen LogP contribution in [0, 0.1) is 0 Å². The molecule has 0 saturated carbocycles. The molecule has 4 heterocycles. The van der Waals surface area contributed by atoms with Crippen LogP contribution in [0.15, 0.2) is 45.8 Å². The largest absolute Gasteiger partial charge is 0.332 e. The van der Waals surface area contributed by atoms with Gasteiger partial charge in [0, 0.05) is 37.4 Å². The molecule has 0 fully saturated rings. The monoisotopic (exact) mass is 411 g/mol. The Morgan fingerprint density at radius 1 is 1.14 bits per heavy atom. The summed E-state index contributed by atoms with van der Waals surface area (Å²) in [7, 11) is 2.92. The van der Waals surface area contributed by atoms with Gasteiger partial charge in [0.15, 0.2) is 11.2 Å². The van der Waals surface area contributed by atoms with Crippen LogP contribution in [0.5, 0.6) is 0 Å². The SMILES string of the molecule is CC(C(=O)Nc1ccc(-c2nccs2)cn1)n1cnc2c1c(=O)n(C)c(=O)n2C. The van der Waals surface area contributed by atoms with Gasteiger partial charge in [-0.25, -0.2) is 19.7 Å². The maximum Gasteiger partial charge on any atom is 0.332 e.